The third kappa shape index (κ3) is 7.66. The largest absolute Gasteiger partial charge is 0.365 e. The molecule has 2 saturated carbocycles. The number of carbonyl (C=O) groups is 3. The van der Waals surface area contributed by atoms with Gasteiger partial charge in [0.2, 0.25) is 0 Å². The van der Waals surface area contributed by atoms with E-state index in [1.54, 1.807) is 52.1 Å². The van der Waals surface area contributed by atoms with Crippen LogP contribution >= 0.6 is 0 Å². The standard InChI is InChI=1S/C34H34N12O3/c35-15-13-28(21-3-4-21)45-18-26(30(38)47)31(43-45)39-25-11-7-23(8-12-25)33(48)41-42-34(49)27-19-46(29(14-16-36)22-5-6-22)44-32(27)40-24-9-1-20(17-37)2-10-24/h1-2,7,9-10,18-19,21-22,28-29H,3-6,8,11-14H2,(H2,38,47)(H,40,44)(H,41,48)(H,42,49). The predicted molar refractivity (Wildman–Crippen MR) is 176 cm³/mol. The number of hydrogen-bond acceptors (Lipinski definition) is 10. The molecule has 2 fully saturated rings. The Morgan fingerprint density at radius 1 is 0.878 bits per heavy atom. The third-order valence-corrected chi connectivity index (χ3v) is 8.96. The second-order valence-corrected chi connectivity index (χ2v) is 12.4. The monoisotopic (exact) mass is 658 g/mol. The lowest BCUT2D eigenvalue weighted by Gasteiger charge is -2.15. The molecule has 3 amide bonds. The number of aliphatic imine (C=N–C) groups is 1. The molecule has 3 aliphatic rings. The molecular weight excluding hydrogens is 624 g/mol. The number of nitrogens with one attached hydrogen (secondary N) is 3. The molecule has 15 nitrogen and oxygen atoms in total. The minimum atomic E-state index is -0.659. The Morgan fingerprint density at radius 3 is 2.04 bits per heavy atom. The lowest BCUT2D eigenvalue weighted by Crippen LogP contribution is -2.42. The van der Waals surface area contributed by atoms with Gasteiger partial charge in [-0.3, -0.25) is 34.6 Å². The first kappa shape index (κ1) is 32.7. The van der Waals surface area contributed by atoms with Gasteiger partial charge in [0, 0.05) is 35.8 Å². The number of carbonyl (C=O) groups excluding carboxylic acids is 3. The van der Waals surface area contributed by atoms with E-state index in [0.717, 1.165) is 25.7 Å². The number of hydrazine groups is 1. The van der Waals surface area contributed by atoms with E-state index in [4.69, 9.17) is 11.0 Å². The van der Waals surface area contributed by atoms with Crippen LogP contribution in [0.4, 0.5) is 17.3 Å². The maximum absolute atomic E-state index is 13.4. The molecule has 3 aromatic rings. The van der Waals surface area contributed by atoms with Crippen molar-refractivity contribution in [2.45, 2.75) is 69.9 Å². The molecule has 2 atom stereocenters. The van der Waals surface area contributed by atoms with Gasteiger partial charge in [0.15, 0.2) is 11.6 Å². The summed E-state index contributed by atoms with van der Waals surface area (Å²) in [5.41, 5.74) is 13.2. The molecule has 49 heavy (non-hydrogen) atoms. The number of nitrogens with two attached hydrogens (primary N) is 1. The quantitative estimate of drug-likeness (QED) is 0.204. The van der Waals surface area contributed by atoms with Crippen LogP contribution in [0.5, 0.6) is 0 Å². The van der Waals surface area contributed by atoms with E-state index >= 15 is 0 Å². The molecule has 2 aromatic heterocycles. The molecular formula is C34H34N12O3. The molecule has 0 spiro atoms. The predicted octanol–water partition coefficient (Wildman–Crippen LogP) is 4.17. The van der Waals surface area contributed by atoms with Crippen molar-refractivity contribution >= 4 is 40.8 Å². The lowest BCUT2D eigenvalue weighted by atomic mass is 9.97. The summed E-state index contributed by atoms with van der Waals surface area (Å²) >= 11 is 0. The first-order valence-electron chi connectivity index (χ1n) is 16.1. The van der Waals surface area contributed by atoms with Crippen molar-refractivity contribution < 1.29 is 14.4 Å². The first-order chi connectivity index (χ1) is 23.8. The molecule has 2 heterocycles. The first-order valence-corrected chi connectivity index (χ1v) is 16.1. The zero-order valence-electron chi connectivity index (χ0n) is 26.6. The topological polar surface area (TPSA) is 233 Å². The second-order valence-electron chi connectivity index (χ2n) is 12.4. The number of benzene rings is 1. The number of amides is 3. The molecule has 0 aliphatic heterocycles. The van der Waals surface area contributed by atoms with Crippen LogP contribution in [0.25, 0.3) is 0 Å². The van der Waals surface area contributed by atoms with Gasteiger partial charge in [0.25, 0.3) is 17.7 Å². The fraction of sp³-hybridized carbons (Fsp3) is 0.382. The smallest absolute Gasteiger partial charge is 0.275 e. The Kier molecular flexibility index (Phi) is 9.49. The molecule has 0 saturated heterocycles. The van der Waals surface area contributed by atoms with Crippen molar-refractivity contribution in [3.05, 3.63) is 65.0 Å². The van der Waals surface area contributed by atoms with E-state index in [-0.39, 0.29) is 47.7 Å². The number of aromatic nitrogens is 4. The Morgan fingerprint density at radius 2 is 1.49 bits per heavy atom. The molecule has 0 radical (unpaired) electrons. The summed E-state index contributed by atoms with van der Waals surface area (Å²) in [6.45, 7) is 0. The maximum atomic E-state index is 13.4. The minimum absolute atomic E-state index is 0.136. The number of nitriles is 3. The van der Waals surface area contributed by atoms with Crippen LogP contribution in [0.15, 0.2) is 53.3 Å². The number of hydrogen-bond donors (Lipinski definition) is 4. The van der Waals surface area contributed by atoms with Gasteiger partial charge < -0.3 is 11.1 Å². The van der Waals surface area contributed by atoms with Crippen LogP contribution in [0.3, 0.4) is 0 Å². The van der Waals surface area contributed by atoms with Gasteiger partial charge in [-0.2, -0.15) is 26.0 Å². The Labute approximate surface area is 282 Å². The number of rotatable bonds is 12. The molecule has 1 aromatic carbocycles. The highest BCUT2D eigenvalue weighted by Gasteiger charge is 2.35. The Hall–Kier alpha value is -6.27. The number of allylic oxidation sites excluding steroid dienone is 1. The van der Waals surface area contributed by atoms with Crippen molar-refractivity contribution in [3.63, 3.8) is 0 Å². The van der Waals surface area contributed by atoms with E-state index in [9.17, 15) is 24.9 Å². The number of anilines is 2. The molecule has 2 unspecified atom stereocenters. The maximum Gasteiger partial charge on any atom is 0.275 e. The second kappa shape index (κ2) is 14.2. The molecule has 15 heteroatoms. The summed E-state index contributed by atoms with van der Waals surface area (Å²) < 4.78 is 3.27. The highest BCUT2D eigenvalue weighted by molar-refractivity contribution is 6.03. The summed E-state index contributed by atoms with van der Waals surface area (Å²) in [6.07, 6.45) is 10.4. The lowest BCUT2D eigenvalue weighted by molar-refractivity contribution is -0.118. The van der Waals surface area contributed by atoms with E-state index in [0.29, 0.717) is 53.6 Å². The van der Waals surface area contributed by atoms with Crippen LogP contribution < -0.4 is 21.9 Å². The van der Waals surface area contributed by atoms with Crippen LogP contribution in [-0.4, -0.2) is 43.0 Å². The molecule has 3 aliphatic carbocycles. The zero-order valence-corrected chi connectivity index (χ0v) is 26.6. The minimum Gasteiger partial charge on any atom is -0.365 e. The van der Waals surface area contributed by atoms with Crippen LogP contribution in [0, 0.1) is 45.8 Å². The fourth-order valence-corrected chi connectivity index (χ4v) is 5.94. The third-order valence-electron chi connectivity index (χ3n) is 8.96. The SMILES string of the molecule is N#CCC(C1CC1)n1cc(C(N)=O)c(N=C2CC=C(C(=O)NNC(=O)c3cn(C(CC#N)C4CC4)nc3Nc3ccc(C#N)cc3)CC2)n1. The Balaban J connectivity index is 1.13. The fourth-order valence-electron chi connectivity index (χ4n) is 5.94. The summed E-state index contributed by atoms with van der Waals surface area (Å²) in [5, 5.41) is 40.0. The van der Waals surface area contributed by atoms with Gasteiger partial charge in [-0.05, 0) is 74.6 Å². The zero-order chi connectivity index (χ0) is 34.5. The van der Waals surface area contributed by atoms with Gasteiger partial charge in [-0.25, -0.2) is 4.99 Å². The van der Waals surface area contributed by atoms with Crippen molar-refractivity contribution in [3.8, 4) is 18.2 Å². The number of primary amides is 1. The van der Waals surface area contributed by atoms with Gasteiger partial charge >= 0.3 is 0 Å². The van der Waals surface area contributed by atoms with Crippen molar-refractivity contribution in [2.75, 3.05) is 5.32 Å². The average Bonchev–Trinajstić information content (AvgIpc) is 4.04. The van der Waals surface area contributed by atoms with E-state index < -0.39 is 17.7 Å². The molecule has 248 valence electrons. The van der Waals surface area contributed by atoms with Crippen molar-refractivity contribution in [1.82, 2.24) is 30.4 Å². The van der Waals surface area contributed by atoms with Crippen LogP contribution in [0.2, 0.25) is 0 Å². The molecule has 5 N–H and O–H groups in total. The summed E-state index contributed by atoms with van der Waals surface area (Å²) in [5.74, 6) is -0.663. The van der Waals surface area contributed by atoms with E-state index in [1.165, 1.54) is 0 Å². The normalized spacial score (nSPS) is 17.5. The summed E-state index contributed by atoms with van der Waals surface area (Å²) in [7, 11) is 0. The highest BCUT2D eigenvalue weighted by atomic mass is 16.2. The highest BCUT2D eigenvalue weighted by Crippen LogP contribution is 2.42. The van der Waals surface area contributed by atoms with Crippen LogP contribution in [0.1, 0.15) is 96.2 Å². The van der Waals surface area contributed by atoms with Gasteiger partial charge in [0.1, 0.15) is 11.1 Å². The van der Waals surface area contributed by atoms with Crippen molar-refractivity contribution in [1.29, 1.82) is 15.8 Å². The van der Waals surface area contributed by atoms with Gasteiger partial charge in [-0.15, -0.1) is 0 Å². The number of nitrogens with zero attached hydrogens (tertiary/aromatic N) is 8. The summed E-state index contributed by atoms with van der Waals surface area (Å²) in [4.78, 5) is 43.2. The van der Waals surface area contributed by atoms with E-state index in [2.05, 4.69) is 49.6 Å². The van der Waals surface area contributed by atoms with E-state index in [1.807, 2.05) is 0 Å². The average molecular weight is 659 g/mol. The molecule has 0 bridgehead atoms. The van der Waals surface area contributed by atoms with Gasteiger partial charge in [-0.1, -0.05) is 6.08 Å². The molecule has 6 rings (SSSR count). The Bertz CT molecular complexity index is 1960. The summed E-state index contributed by atoms with van der Waals surface area (Å²) in [6, 6.07) is 12.8. The van der Waals surface area contributed by atoms with Crippen molar-refractivity contribution in [2.24, 2.45) is 22.6 Å². The van der Waals surface area contributed by atoms with Crippen LogP contribution in [-0.2, 0) is 4.79 Å². The van der Waals surface area contributed by atoms with Gasteiger partial charge in [0.05, 0.1) is 48.7 Å².